The Morgan fingerprint density at radius 2 is 1.66 bits per heavy atom. The Labute approximate surface area is 237 Å². The van der Waals surface area contributed by atoms with E-state index in [4.69, 9.17) is 25.7 Å². The molecule has 3 aromatic heterocycles. The lowest BCUT2D eigenvalue weighted by atomic mass is 10.0. The Morgan fingerprint density at radius 1 is 0.927 bits per heavy atom. The number of nitrogens with zero attached hydrogens (tertiary/aromatic N) is 4. The van der Waals surface area contributed by atoms with Crippen LogP contribution in [0.3, 0.4) is 0 Å². The molecule has 212 valence electrons. The maximum atomic E-state index is 12.8. The van der Waals surface area contributed by atoms with E-state index in [0.29, 0.717) is 39.7 Å². The molecule has 11 nitrogen and oxygen atoms in total. The summed E-state index contributed by atoms with van der Waals surface area (Å²) >= 11 is 0. The molecule has 4 N–H and O–H groups in total. The molecule has 0 saturated carbocycles. The Morgan fingerprint density at radius 3 is 2.39 bits per heavy atom. The van der Waals surface area contributed by atoms with Gasteiger partial charge < -0.3 is 25.7 Å². The number of rotatable bonds is 10. The van der Waals surface area contributed by atoms with Crippen molar-refractivity contribution in [1.29, 1.82) is 0 Å². The normalized spacial score (nSPS) is 12.5. The summed E-state index contributed by atoms with van der Waals surface area (Å²) in [5, 5.41) is 2.38. The number of sulfonamides is 1. The first kappa shape index (κ1) is 28.0. The Kier molecular flexibility index (Phi) is 7.88. The van der Waals surface area contributed by atoms with Gasteiger partial charge in [-0.2, -0.15) is 4.31 Å². The first-order valence-electron chi connectivity index (χ1n) is 12.7. The fourth-order valence-electron chi connectivity index (χ4n) is 4.50. The molecule has 0 unspecified atom stereocenters. The Balaban J connectivity index is 1.37. The number of nitrogens with two attached hydrogens (primary N) is 2. The van der Waals surface area contributed by atoms with Gasteiger partial charge in [-0.15, -0.1) is 0 Å². The first-order valence-corrected chi connectivity index (χ1v) is 14.1. The molecular formula is C29H30N6O5S. The quantitative estimate of drug-likeness (QED) is 0.237. The highest BCUT2D eigenvalue weighted by molar-refractivity contribution is 7.89. The molecule has 0 aliphatic rings. The van der Waals surface area contributed by atoms with E-state index >= 15 is 0 Å². The largest absolute Gasteiger partial charge is 0.493 e. The smallest absolute Gasteiger partial charge is 0.242 e. The predicted molar refractivity (Wildman–Crippen MR) is 158 cm³/mol. The lowest BCUT2D eigenvalue weighted by Crippen LogP contribution is -2.42. The van der Waals surface area contributed by atoms with E-state index in [1.165, 1.54) is 11.4 Å². The number of ether oxygens (including phenoxy) is 3. The number of methoxy groups -OCH3 is 2. The highest BCUT2D eigenvalue weighted by Gasteiger charge is 2.22. The van der Waals surface area contributed by atoms with E-state index in [9.17, 15) is 8.42 Å². The number of benzene rings is 2. The van der Waals surface area contributed by atoms with Crippen molar-refractivity contribution in [3.05, 3.63) is 73.2 Å². The van der Waals surface area contributed by atoms with E-state index in [2.05, 4.69) is 15.0 Å². The number of anilines is 1. The van der Waals surface area contributed by atoms with E-state index in [0.717, 1.165) is 16.3 Å². The van der Waals surface area contributed by atoms with Crippen molar-refractivity contribution in [3.63, 3.8) is 0 Å². The van der Waals surface area contributed by atoms with Gasteiger partial charge in [-0.25, -0.2) is 13.4 Å². The fraction of sp³-hybridized carbons (Fsp3) is 0.207. The first-order chi connectivity index (χ1) is 19.7. The lowest BCUT2D eigenvalue weighted by molar-refractivity contribution is 0.269. The van der Waals surface area contributed by atoms with Crippen molar-refractivity contribution in [2.24, 2.45) is 5.73 Å². The van der Waals surface area contributed by atoms with Crippen LogP contribution in [0.25, 0.3) is 32.9 Å². The molecule has 3 heterocycles. The Bertz CT molecular complexity index is 1820. The van der Waals surface area contributed by atoms with Gasteiger partial charge in [-0.3, -0.25) is 9.97 Å². The molecule has 0 aliphatic carbocycles. The van der Waals surface area contributed by atoms with Gasteiger partial charge in [0.2, 0.25) is 10.0 Å². The van der Waals surface area contributed by atoms with Crippen LogP contribution in [-0.4, -0.2) is 68.1 Å². The van der Waals surface area contributed by atoms with Gasteiger partial charge in [0.1, 0.15) is 18.2 Å². The SMILES string of the molecule is COc1cc2ncc3c(N)nc(-c4cncc(OC[C@@H](N)CN(C)S(=O)(=O)c5ccccc5)c4)cc3c2cc1OC. The van der Waals surface area contributed by atoms with Gasteiger partial charge in [-0.05, 0) is 35.7 Å². The van der Waals surface area contributed by atoms with Crippen molar-refractivity contribution in [3.8, 4) is 28.5 Å². The second-order valence-corrected chi connectivity index (χ2v) is 11.5. The third-order valence-corrected chi connectivity index (χ3v) is 8.47. The molecule has 0 saturated heterocycles. The maximum Gasteiger partial charge on any atom is 0.242 e. The molecule has 0 fully saturated rings. The number of aromatic nitrogens is 3. The summed E-state index contributed by atoms with van der Waals surface area (Å²) in [6.07, 6.45) is 4.90. The number of nitrogen functional groups attached to an aromatic ring is 1. The van der Waals surface area contributed by atoms with Crippen LogP contribution < -0.4 is 25.7 Å². The molecule has 0 aliphatic heterocycles. The van der Waals surface area contributed by atoms with E-state index < -0.39 is 16.1 Å². The molecule has 2 aromatic carbocycles. The zero-order valence-corrected chi connectivity index (χ0v) is 23.6. The van der Waals surface area contributed by atoms with Gasteiger partial charge in [0.05, 0.1) is 42.6 Å². The highest BCUT2D eigenvalue weighted by atomic mass is 32.2. The van der Waals surface area contributed by atoms with Crippen LogP contribution >= 0.6 is 0 Å². The summed E-state index contributed by atoms with van der Waals surface area (Å²) in [7, 11) is 0.981. The minimum Gasteiger partial charge on any atom is -0.493 e. The number of fused-ring (bicyclic) bond motifs is 3. The van der Waals surface area contributed by atoms with Gasteiger partial charge in [0.25, 0.3) is 0 Å². The third-order valence-electron chi connectivity index (χ3n) is 6.63. The topological polar surface area (TPSA) is 156 Å². The summed E-state index contributed by atoms with van der Waals surface area (Å²) < 4.78 is 43.6. The second kappa shape index (κ2) is 11.5. The van der Waals surface area contributed by atoms with Crippen molar-refractivity contribution in [2.45, 2.75) is 10.9 Å². The van der Waals surface area contributed by atoms with E-state index in [-0.39, 0.29) is 18.0 Å². The fourth-order valence-corrected chi connectivity index (χ4v) is 5.75. The predicted octanol–water partition coefficient (Wildman–Crippen LogP) is 3.47. The summed E-state index contributed by atoms with van der Waals surface area (Å²) in [6.45, 7) is 0.146. The number of likely N-dealkylation sites (N-methyl/N-ethyl adjacent to an activating group) is 1. The van der Waals surface area contributed by atoms with E-state index in [1.54, 1.807) is 69.2 Å². The number of hydrogen-bond acceptors (Lipinski definition) is 10. The van der Waals surface area contributed by atoms with Crippen molar-refractivity contribution in [2.75, 3.05) is 40.2 Å². The summed E-state index contributed by atoms with van der Waals surface area (Å²) in [5.41, 5.74) is 14.6. The second-order valence-electron chi connectivity index (χ2n) is 9.42. The Hall–Kier alpha value is -4.52. The molecule has 5 rings (SSSR count). The molecule has 41 heavy (non-hydrogen) atoms. The molecule has 1 atom stereocenters. The van der Waals surface area contributed by atoms with Crippen LogP contribution in [0, 0.1) is 0 Å². The third kappa shape index (κ3) is 5.71. The monoisotopic (exact) mass is 574 g/mol. The van der Waals surface area contributed by atoms with Crippen LogP contribution in [0.4, 0.5) is 5.82 Å². The van der Waals surface area contributed by atoms with Crippen molar-refractivity contribution >= 4 is 37.5 Å². The summed E-state index contributed by atoms with van der Waals surface area (Å²) in [4.78, 5) is 13.6. The van der Waals surface area contributed by atoms with Crippen LogP contribution in [0.1, 0.15) is 0 Å². The van der Waals surface area contributed by atoms with Crippen LogP contribution in [-0.2, 0) is 10.0 Å². The average molecular weight is 575 g/mol. The lowest BCUT2D eigenvalue weighted by Gasteiger charge is -2.21. The molecular weight excluding hydrogens is 544 g/mol. The molecule has 12 heteroatoms. The van der Waals surface area contributed by atoms with E-state index in [1.807, 2.05) is 18.2 Å². The van der Waals surface area contributed by atoms with Crippen molar-refractivity contribution in [1.82, 2.24) is 19.3 Å². The molecule has 0 bridgehead atoms. The van der Waals surface area contributed by atoms with Crippen LogP contribution in [0.2, 0.25) is 0 Å². The minimum atomic E-state index is -3.66. The minimum absolute atomic E-state index is 0.0719. The number of pyridine rings is 3. The summed E-state index contributed by atoms with van der Waals surface area (Å²) in [6, 6.07) is 15.0. The van der Waals surface area contributed by atoms with Gasteiger partial charge in [-0.1, -0.05) is 18.2 Å². The summed E-state index contributed by atoms with van der Waals surface area (Å²) in [5.74, 6) is 1.92. The number of hydrogen-bond donors (Lipinski definition) is 2. The highest BCUT2D eigenvalue weighted by Crippen LogP contribution is 2.37. The molecule has 0 amide bonds. The van der Waals surface area contributed by atoms with Crippen LogP contribution in [0.15, 0.2) is 78.1 Å². The van der Waals surface area contributed by atoms with Crippen LogP contribution in [0.5, 0.6) is 17.2 Å². The van der Waals surface area contributed by atoms with Gasteiger partial charge >= 0.3 is 0 Å². The zero-order valence-electron chi connectivity index (χ0n) is 22.8. The van der Waals surface area contributed by atoms with Gasteiger partial charge in [0.15, 0.2) is 11.5 Å². The standard InChI is InChI=1S/C29H30N6O5S/c1-35(41(36,37)21-7-5-4-6-8-21)16-19(30)17-40-20-9-18(13-32-14-20)25-10-22-23-11-27(38-2)28(39-3)12-26(23)33-15-24(22)29(31)34-25/h4-15,19H,16-17,30H2,1-3H3,(H2,31,34)/t19-/m0/s1. The van der Waals surface area contributed by atoms with Crippen molar-refractivity contribution < 1.29 is 22.6 Å². The average Bonchev–Trinajstić information content (AvgIpc) is 2.99. The van der Waals surface area contributed by atoms with Gasteiger partial charge in [0, 0.05) is 48.4 Å². The maximum absolute atomic E-state index is 12.8. The molecule has 5 aromatic rings. The molecule has 0 spiro atoms. The zero-order chi connectivity index (χ0) is 29.1. The molecule has 0 radical (unpaired) electrons.